The van der Waals surface area contributed by atoms with Crippen LogP contribution in [-0.2, 0) is 27.9 Å². The number of nitrogens with one attached hydrogen (secondary N) is 1. The van der Waals surface area contributed by atoms with E-state index < -0.39 is 20.0 Å². The average Bonchev–Trinajstić information content (AvgIpc) is 3.40. The van der Waals surface area contributed by atoms with Crippen molar-refractivity contribution in [2.45, 2.75) is 296 Å². The molecule has 10 heteroatoms. The van der Waals surface area contributed by atoms with Gasteiger partial charge in [-0.05, 0) is 102 Å². The monoisotopic (exact) mass is 1110 g/mol. The predicted octanol–water partition coefficient (Wildman–Crippen LogP) is 20.2. The molecule has 0 aromatic carbocycles. The first kappa shape index (κ1) is 75.2. The number of phosphoric ester groups is 1. The van der Waals surface area contributed by atoms with Gasteiger partial charge in [-0.25, -0.2) is 4.57 Å². The van der Waals surface area contributed by atoms with Crippen molar-refractivity contribution in [3.8, 4) is 0 Å². The van der Waals surface area contributed by atoms with Crippen LogP contribution < -0.4 is 5.32 Å². The van der Waals surface area contributed by atoms with E-state index in [1.807, 2.05) is 33.3 Å². The van der Waals surface area contributed by atoms with Crippen LogP contribution in [0.25, 0.3) is 0 Å². The topological polar surface area (TPSA) is 111 Å². The van der Waals surface area contributed by atoms with E-state index in [-0.39, 0.29) is 31.5 Å². The number of likely N-dealkylation sites (N-methyl/N-ethyl adjacent to an activating group) is 1. The molecule has 78 heavy (non-hydrogen) atoms. The van der Waals surface area contributed by atoms with Gasteiger partial charge in [-0.1, -0.05) is 254 Å². The molecule has 0 fully saturated rings. The zero-order valence-electron chi connectivity index (χ0n) is 51.6. The molecule has 2 N–H and O–H groups in total. The van der Waals surface area contributed by atoms with Crippen LogP contribution >= 0.6 is 7.82 Å². The number of hydrogen-bond donors (Lipinski definition) is 2. The highest BCUT2D eigenvalue weighted by atomic mass is 31.2. The van der Waals surface area contributed by atoms with E-state index in [4.69, 9.17) is 13.8 Å². The number of nitrogens with zero attached hydrogens (tertiary/aromatic N) is 1. The summed E-state index contributed by atoms with van der Waals surface area (Å²) >= 11 is 0. The van der Waals surface area contributed by atoms with Crippen LogP contribution in [0.15, 0.2) is 85.1 Å². The Bertz CT molecular complexity index is 1610. The van der Waals surface area contributed by atoms with E-state index >= 15 is 0 Å². The molecule has 1 amide bonds. The largest absolute Gasteiger partial charge is 0.472 e. The van der Waals surface area contributed by atoms with Crippen LogP contribution in [0.2, 0.25) is 0 Å². The number of rotatable bonds is 58. The van der Waals surface area contributed by atoms with E-state index in [0.29, 0.717) is 17.4 Å². The maximum Gasteiger partial charge on any atom is 0.472 e. The lowest BCUT2D eigenvalue weighted by molar-refractivity contribution is -0.870. The lowest BCUT2D eigenvalue weighted by Gasteiger charge is -2.27. The summed E-state index contributed by atoms with van der Waals surface area (Å²) in [5, 5.41) is 3.05. The highest BCUT2D eigenvalue weighted by Gasteiger charge is 2.30. The first-order valence-corrected chi connectivity index (χ1v) is 33.9. The Morgan fingerprint density at radius 1 is 0.462 bits per heavy atom. The van der Waals surface area contributed by atoms with Gasteiger partial charge in [0.2, 0.25) is 5.91 Å². The fourth-order valence-electron chi connectivity index (χ4n) is 9.03. The Balaban J connectivity index is 5.17. The molecule has 3 atom stereocenters. The minimum absolute atomic E-state index is 0.0338. The lowest BCUT2D eigenvalue weighted by atomic mass is 10.0. The number of carbonyl (C=O) groups is 2. The lowest BCUT2D eigenvalue weighted by Crippen LogP contribution is -2.47. The van der Waals surface area contributed by atoms with Gasteiger partial charge >= 0.3 is 13.8 Å². The Hall–Kier alpha value is -2.81. The van der Waals surface area contributed by atoms with Crippen molar-refractivity contribution < 1.29 is 37.3 Å². The first-order chi connectivity index (χ1) is 37.9. The quantitative estimate of drug-likeness (QED) is 0.0156. The number of ether oxygens (including phenoxy) is 1. The SMILES string of the molecule is CCCCC/C=C\C/C=C\C/C=C\C/C=C\CCCCCCCCCCCC(=O)OC(/C=C\CCCCCCCCCCCC)C(COP(=O)(O)OCC[N+](C)(C)C)NC(=O)CCCCCCCC/C=C/C=C/CCCCC. The normalized spacial score (nSPS) is 14.2. The van der Waals surface area contributed by atoms with Gasteiger partial charge in [-0.15, -0.1) is 0 Å². The maximum atomic E-state index is 13.5. The van der Waals surface area contributed by atoms with Gasteiger partial charge in [-0.2, -0.15) is 0 Å². The van der Waals surface area contributed by atoms with Gasteiger partial charge in [0.05, 0.1) is 33.8 Å². The molecule has 0 saturated carbocycles. The molecule has 0 bridgehead atoms. The summed E-state index contributed by atoms with van der Waals surface area (Å²) in [6.45, 7) is 6.95. The fraction of sp³-hybridized carbons (Fsp3) is 0.765. The number of phosphoric acid groups is 1. The standard InChI is InChI=1S/C68H123N2O7P/c1-7-10-13-16-19-22-25-28-30-31-32-33-34-35-36-37-38-39-41-43-46-49-52-55-58-61-68(72)77-66(59-56-53-50-47-44-27-24-21-18-15-12-9-3)65(64-76-78(73,74)75-63-62-70(4,5)6)69-67(71)60-57-54-51-48-45-42-40-29-26-23-20-17-14-11-8-2/h19-20,22-23,26,28-30,32-33,35-36,56,59,65-66H,7-18,21,24-25,27,31,34,37-55,57-58,60-64H2,1-6H3,(H-,69,71,73,74)/p+1/b22-19-,23-20+,29-26+,30-28-,33-32-,36-35-,59-56-. The van der Waals surface area contributed by atoms with Crippen LogP contribution in [0.5, 0.6) is 0 Å². The van der Waals surface area contributed by atoms with Crippen molar-refractivity contribution >= 4 is 19.7 Å². The summed E-state index contributed by atoms with van der Waals surface area (Å²) in [5.74, 6) is -0.524. The third-order valence-corrected chi connectivity index (χ3v) is 15.1. The number of allylic oxidation sites excluding steroid dienone is 13. The van der Waals surface area contributed by atoms with Gasteiger partial charge in [0.15, 0.2) is 0 Å². The van der Waals surface area contributed by atoms with Gasteiger partial charge in [0, 0.05) is 12.8 Å². The second kappa shape index (κ2) is 57.4. The van der Waals surface area contributed by atoms with Crippen LogP contribution in [0.4, 0.5) is 0 Å². The molecule has 9 nitrogen and oxygen atoms in total. The number of quaternary nitrogens is 1. The Morgan fingerprint density at radius 3 is 1.27 bits per heavy atom. The van der Waals surface area contributed by atoms with Gasteiger partial charge in [0.1, 0.15) is 19.3 Å². The Kier molecular flexibility index (Phi) is 55.4. The molecule has 452 valence electrons. The molecule has 0 radical (unpaired) electrons. The van der Waals surface area contributed by atoms with E-state index in [0.717, 1.165) is 116 Å². The minimum atomic E-state index is -4.46. The van der Waals surface area contributed by atoms with E-state index in [9.17, 15) is 19.0 Å². The Morgan fingerprint density at radius 2 is 0.821 bits per heavy atom. The van der Waals surface area contributed by atoms with Crippen molar-refractivity contribution in [3.63, 3.8) is 0 Å². The van der Waals surface area contributed by atoms with Crippen molar-refractivity contribution in [1.29, 1.82) is 0 Å². The van der Waals surface area contributed by atoms with E-state index in [2.05, 4.69) is 99.0 Å². The molecule has 0 aliphatic heterocycles. The molecule has 0 saturated heterocycles. The first-order valence-electron chi connectivity index (χ1n) is 32.4. The van der Waals surface area contributed by atoms with Crippen molar-refractivity contribution in [2.24, 2.45) is 0 Å². The fourth-order valence-corrected chi connectivity index (χ4v) is 9.77. The summed E-state index contributed by atoms with van der Waals surface area (Å²) in [6, 6.07) is -0.861. The molecule has 0 heterocycles. The molecule has 0 aliphatic rings. The molecular formula is C68H124N2O7P+. The van der Waals surface area contributed by atoms with Gasteiger partial charge < -0.3 is 19.4 Å². The molecule has 0 aromatic heterocycles. The molecule has 3 unspecified atom stereocenters. The second-order valence-corrected chi connectivity index (χ2v) is 24.4. The summed E-state index contributed by atoms with van der Waals surface area (Å²) in [4.78, 5) is 37.7. The highest BCUT2D eigenvalue weighted by Crippen LogP contribution is 2.43. The summed E-state index contributed by atoms with van der Waals surface area (Å²) in [5.41, 5.74) is 0. The molecule has 0 rings (SSSR count). The number of unbranched alkanes of at least 4 members (excludes halogenated alkanes) is 31. The third-order valence-electron chi connectivity index (χ3n) is 14.1. The number of esters is 1. The second-order valence-electron chi connectivity index (χ2n) is 23.0. The maximum absolute atomic E-state index is 13.5. The van der Waals surface area contributed by atoms with Crippen LogP contribution in [-0.4, -0.2) is 74.3 Å². The smallest absolute Gasteiger partial charge is 0.456 e. The summed E-state index contributed by atoms with van der Waals surface area (Å²) in [6.07, 6.45) is 75.8. The number of amides is 1. The minimum Gasteiger partial charge on any atom is -0.456 e. The van der Waals surface area contributed by atoms with Crippen molar-refractivity contribution in [3.05, 3.63) is 85.1 Å². The molecule has 0 aromatic rings. The summed E-state index contributed by atoms with van der Waals surface area (Å²) in [7, 11) is 1.48. The van der Waals surface area contributed by atoms with Gasteiger partial charge in [0.25, 0.3) is 0 Å². The average molecular weight is 1110 g/mol. The van der Waals surface area contributed by atoms with Crippen molar-refractivity contribution in [2.75, 3.05) is 40.9 Å². The van der Waals surface area contributed by atoms with Gasteiger partial charge in [-0.3, -0.25) is 18.6 Å². The molecular weight excluding hydrogens is 988 g/mol. The molecule has 0 aliphatic carbocycles. The summed E-state index contributed by atoms with van der Waals surface area (Å²) < 4.78 is 30.7. The third kappa shape index (κ3) is 57.9. The predicted molar refractivity (Wildman–Crippen MR) is 337 cm³/mol. The van der Waals surface area contributed by atoms with Crippen LogP contribution in [0.3, 0.4) is 0 Å². The van der Waals surface area contributed by atoms with E-state index in [1.54, 1.807) is 0 Å². The zero-order valence-corrected chi connectivity index (χ0v) is 52.5. The zero-order chi connectivity index (χ0) is 57.2. The number of carbonyl (C=O) groups excluding carboxylic acids is 2. The molecule has 0 spiro atoms. The van der Waals surface area contributed by atoms with Crippen LogP contribution in [0, 0.1) is 0 Å². The van der Waals surface area contributed by atoms with Crippen molar-refractivity contribution in [1.82, 2.24) is 5.32 Å². The van der Waals surface area contributed by atoms with Crippen LogP contribution in [0.1, 0.15) is 284 Å². The Labute approximate surface area is 482 Å². The number of hydrogen-bond acceptors (Lipinski definition) is 6. The highest BCUT2D eigenvalue weighted by molar-refractivity contribution is 7.47. The van der Waals surface area contributed by atoms with E-state index in [1.165, 1.54) is 135 Å².